The van der Waals surface area contributed by atoms with Crippen molar-refractivity contribution in [3.63, 3.8) is 0 Å². The number of carbonyl (C=O) groups excluding carboxylic acids is 4. The maximum Gasteiger partial charge on any atom is 0.326 e. The summed E-state index contributed by atoms with van der Waals surface area (Å²) in [7, 11) is 0. The van der Waals surface area contributed by atoms with Gasteiger partial charge in [-0.3, -0.25) is 28.8 Å². The van der Waals surface area contributed by atoms with Gasteiger partial charge in [0.05, 0.1) is 0 Å². The second-order valence-electron chi connectivity index (χ2n) is 11.0. The van der Waals surface area contributed by atoms with Gasteiger partial charge in [-0.15, -0.1) is 0 Å². The van der Waals surface area contributed by atoms with E-state index in [0.717, 1.165) is 19.3 Å². The lowest BCUT2D eigenvalue weighted by molar-refractivity contribution is -0.143. The van der Waals surface area contributed by atoms with Crippen molar-refractivity contribution in [3.8, 4) is 0 Å². The van der Waals surface area contributed by atoms with E-state index in [2.05, 4.69) is 10.6 Å². The molecule has 1 fully saturated rings. The van der Waals surface area contributed by atoms with Crippen LogP contribution in [0.5, 0.6) is 0 Å². The lowest BCUT2D eigenvalue weighted by atomic mass is 9.79. The minimum absolute atomic E-state index is 0.000652. The van der Waals surface area contributed by atoms with E-state index in [1.54, 1.807) is 0 Å². The molecule has 2 unspecified atom stereocenters. The molecule has 41 heavy (non-hydrogen) atoms. The molecule has 1 saturated carbocycles. The number of aliphatic carboxylic acids is 3. The Kier molecular flexibility index (Phi) is 17.2. The third kappa shape index (κ3) is 15.9. The van der Waals surface area contributed by atoms with Gasteiger partial charge in [-0.1, -0.05) is 6.92 Å². The SMILES string of the molecule is CCCNC(=O)C(CCC(=O)O)CC(=O)CCC(NC(=O)C1CCC(CCC(=O)CCCCC(=O)O)CC1)C(=O)O. The van der Waals surface area contributed by atoms with Gasteiger partial charge < -0.3 is 26.0 Å². The second kappa shape index (κ2) is 19.7. The Labute approximate surface area is 241 Å². The number of carboxylic acid groups (broad SMARTS) is 3. The fraction of sp³-hybridized carbons (Fsp3) is 0.759. The number of nitrogens with one attached hydrogen (secondary N) is 2. The average molecular weight is 583 g/mol. The summed E-state index contributed by atoms with van der Waals surface area (Å²) in [5, 5.41) is 32.4. The van der Waals surface area contributed by atoms with Crippen molar-refractivity contribution in [2.75, 3.05) is 6.54 Å². The molecule has 0 spiro atoms. The lowest BCUT2D eigenvalue weighted by Crippen LogP contribution is -2.44. The van der Waals surface area contributed by atoms with Gasteiger partial charge in [0.2, 0.25) is 11.8 Å². The normalized spacial score (nSPS) is 18.1. The van der Waals surface area contributed by atoms with Crippen molar-refractivity contribution >= 4 is 41.3 Å². The summed E-state index contributed by atoms with van der Waals surface area (Å²) in [6.07, 6.45) is 5.20. The van der Waals surface area contributed by atoms with Gasteiger partial charge in [-0.05, 0) is 70.1 Å². The van der Waals surface area contributed by atoms with E-state index in [9.17, 15) is 38.7 Å². The number of hydrogen-bond donors (Lipinski definition) is 5. The summed E-state index contributed by atoms with van der Waals surface area (Å²) in [5.41, 5.74) is 0. The van der Waals surface area contributed by atoms with Crippen LogP contribution >= 0.6 is 0 Å². The maximum atomic E-state index is 12.8. The molecule has 2 amide bonds. The van der Waals surface area contributed by atoms with Crippen LogP contribution in [0.4, 0.5) is 0 Å². The second-order valence-corrected chi connectivity index (χ2v) is 11.0. The Morgan fingerprint density at radius 2 is 1.39 bits per heavy atom. The van der Waals surface area contributed by atoms with Crippen molar-refractivity contribution in [1.82, 2.24) is 10.6 Å². The van der Waals surface area contributed by atoms with Crippen LogP contribution in [-0.2, 0) is 33.6 Å². The summed E-state index contributed by atoms with van der Waals surface area (Å²) >= 11 is 0. The zero-order chi connectivity index (χ0) is 30.8. The summed E-state index contributed by atoms with van der Waals surface area (Å²) in [4.78, 5) is 83.0. The molecule has 0 aliphatic heterocycles. The minimum atomic E-state index is -1.26. The molecule has 12 nitrogen and oxygen atoms in total. The highest BCUT2D eigenvalue weighted by Crippen LogP contribution is 2.32. The highest BCUT2D eigenvalue weighted by atomic mass is 16.4. The van der Waals surface area contributed by atoms with Gasteiger partial charge in [0, 0.05) is 56.9 Å². The first-order valence-electron chi connectivity index (χ1n) is 14.7. The van der Waals surface area contributed by atoms with Gasteiger partial charge in [-0.2, -0.15) is 0 Å². The van der Waals surface area contributed by atoms with Crippen molar-refractivity contribution in [2.45, 2.75) is 116 Å². The molecule has 0 aromatic carbocycles. The smallest absolute Gasteiger partial charge is 0.326 e. The number of carboxylic acids is 3. The van der Waals surface area contributed by atoms with Crippen molar-refractivity contribution in [1.29, 1.82) is 0 Å². The van der Waals surface area contributed by atoms with Crippen molar-refractivity contribution in [2.24, 2.45) is 17.8 Å². The van der Waals surface area contributed by atoms with Gasteiger partial charge >= 0.3 is 17.9 Å². The zero-order valence-electron chi connectivity index (χ0n) is 24.0. The quantitative estimate of drug-likeness (QED) is 0.118. The largest absolute Gasteiger partial charge is 0.481 e. The maximum absolute atomic E-state index is 12.8. The fourth-order valence-corrected chi connectivity index (χ4v) is 5.05. The van der Waals surface area contributed by atoms with E-state index in [1.165, 1.54) is 0 Å². The summed E-state index contributed by atoms with van der Waals surface area (Å²) in [5.74, 6) is -5.10. The first-order chi connectivity index (χ1) is 19.4. The average Bonchev–Trinajstić information content (AvgIpc) is 2.92. The van der Waals surface area contributed by atoms with Crippen LogP contribution in [-0.4, -0.2) is 69.2 Å². The minimum Gasteiger partial charge on any atom is -0.481 e. The van der Waals surface area contributed by atoms with Crippen molar-refractivity contribution < 1.29 is 48.9 Å². The predicted molar refractivity (Wildman–Crippen MR) is 148 cm³/mol. The van der Waals surface area contributed by atoms with Gasteiger partial charge in [0.15, 0.2) is 0 Å². The molecule has 12 heteroatoms. The number of ketones is 2. The highest BCUT2D eigenvalue weighted by Gasteiger charge is 2.30. The van der Waals surface area contributed by atoms with Crippen LogP contribution in [0.3, 0.4) is 0 Å². The molecule has 0 heterocycles. The molecule has 2 atom stereocenters. The standard InChI is InChI=1S/C29H46N2O10/c1-2-17-30-27(38)21(12-16-26(36)37)18-23(33)14-15-24(29(40)41)31-28(39)20-10-7-19(8-11-20)9-13-22(32)5-3-4-6-25(34)35/h19-21,24H,2-18H2,1H3,(H,30,38)(H,31,39)(H,34,35)(H,36,37)(H,40,41). The molecule has 232 valence electrons. The first kappa shape index (κ1) is 35.7. The molecule has 1 rings (SSSR count). The summed E-state index contributed by atoms with van der Waals surface area (Å²) in [6.45, 7) is 2.27. The zero-order valence-corrected chi connectivity index (χ0v) is 24.0. The lowest BCUT2D eigenvalue weighted by Gasteiger charge is -2.28. The Morgan fingerprint density at radius 1 is 0.756 bits per heavy atom. The monoisotopic (exact) mass is 582 g/mol. The number of hydrogen-bond acceptors (Lipinski definition) is 7. The van der Waals surface area contributed by atoms with Gasteiger partial charge in [-0.25, -0.2) is 4.79 Å². The van der Waals surface area contributed by atoms with E-state index >= 15 is 0 Å². The van der Waals surface area contributed by atoms with Gasteiger partial charge in [0.1, 0.15) is 17.6 Å². The number of unbranched alkanes of at least 4 members (excludes halogenated alkanes) is 1. The summed E-state index contributed by atoms with van der Waals surface area (Å²) < 4.78 is 0. The fourth-order valence-electron chi connectivity index (χ4n) is 5.05. The molecular formula is C29H46N2O10. The van der Waals surface area contributed by atoms with Gasteiger partial charge in [0.25, 0.3) is 0 Å². The molecule has 0 saturated heterocycles. The van der Waals surface area contributed by atoms with E-state index < -0.39 is 35.8 Å². The van der Waals surface area contributed by atoms with E-state index in [0.29, 0.717) is 57.4 Å². The molecule has 0 aromatic rings. The number of amides is 2. The van der Waals surface area contributed by atoms with Crippen LogP contribution in [0.15, 0.2) is 0 Å². The highest BCUT2D eigenvalue weighted by molar-refractivity contribution is 5.88. The summed E-state index contributed by atoms with van der Waals surface area (Å²) in [6, 6.07) is -1.26. The third-order valence-corrected chi connectivity index (χ3v) is 7.57. The van der Waals surface area contributed by atoms with E-state index in [-0.39, 0.29) is 61.9 Å². The van der Waals surface area contributed by atoms with Crippen LogP contribution in [0.1, 0.15) is 110 Å². The molecule has 0 radical (unpaired) electrons. The topological polar surface area (TPSA) is 204 Å². The molecule has 0 aromatic heterocycles. The molecular weight excluding hydrogens is 536 g/mol. The van der Waals surface area contributed by atoms with Crippen LogP contribution in [0.25, 0.3) is 0 Å². The third-order valence-electron chi connectivity index (χ3n) is 7.57. The predicted octanol–water partition coefficient (Wildman–Crippen LogP) is 3.10. The molecule has 1 aliphatic rings. The molecule has 5 N–H and O–H groups in total. The van der Waals surface area contributed by atoms with Crippen LogP contribution in [0, 0.1) is 17.8 Å². The van der Waals surface area contributed by atoms with Crippen LogP contribution in [0.2, 0.25) is 0 Å². The van der Waals surface area contributed by atoms with E-state index in [1.807, 2.05) is 6.92 Å². The van der Waals surface area contributed by atoms with Crippen LogP contribution < -0.4 is 10.6 Å². The number of rotatable bonds is 22. The Hall–Kier alpha value is -3.31. The molecule has 0 bridgehead atoms. The molecule has 1 aliphatic carbocycles. The van der Waals surface area contributed by atoms with Crippen molar-refractivity contribution in [3.05, 3.63) is 0 Å². The number of Topliss-reactive ketones (excluding diaryl/α,β-unsaturated/α-hetero) is 2. The Bertz CT molecular complexity index is 911. The Morgan fingerprint density at radius 3 is 1.98 bits per heavy atom. The first-order valence-corrected chi connectivity index (χ1v) is 14.7. The number of carbonyl (C=O) groups is 7. The van der Waals surface area contributed by atoms with E-state index in [4.69, 9.17) is 10.2 Å². The Balaban J connectivity index is 2.47.